The SMILES string of the molecule is CN(/N=C/c1ccc[n+](CCCS(=O)(=O)O)c1)c1ccc(Cl)cc1. The summed E-state index contributed by atoms with van der Waals surface area (Å²) in [5, 5.41) is 6.77. The van der Waals surface area contributed by atoms with Gasteiger partial charge in [0.15, 0.2) is 12.4 Å². The topological polar surface area (TPSA) is 73.8 Å². The lowest BCUT2D eigenvalue weighted by Crippen LogP contribution is -2.34. The van der Waals surface area contributed by atoms with E-state index in [1.165, 1.54) is 0 Å². The highest BCUT2D eigenvalue weighted by atomic mass is 35.5. The lowest BCUT2D eigenvalue weighted by atomic mass is 10.3. The molecule has 1 aromatic carbocycles. The lowest BCUT2D eigenvalue weighted by molar-refractivity contribution is -0.696. The average molecular weight is 369 g/mol. The molecule has 1 aromatic heterocycles. The molecule has 0 saturated carbocycles. The van der Waals surface area contributed by atoms with Gasteiger partial charge < -0.3 is 0 Å². The molecule has 2 aromatic rings. The number of hydrogen-bond acceptors (Lipinski definition) is 4. The minimum absolute atomic E-state index is 0.252. The molecule has 0 aliphatic heterocycles. The minimum atomic E-state index is -3.92. The molecule has 0 bridgehead atoms. The van der Waals surface area contributed by atoms with Gasteiger partial charge in [0, 0.05) is 24.6 Å². The summed E-state index contributed by atoms with van der Waals surface area (Å²) in [5.41, 5.74) is 1.79. The van der Waals surface area contributed by atoms with Crippen LogP contribution in [0.15, 0.2) is 53.9 Å². The van der Waals surface area contributed by atoms with Crippen molar-refractivity contribution >= 4 is 33.6 Å². The molecule has 6 nitrogen and oxygen atoms in total. The second kappa shape index (κ2) is 8.23. The quantitative estimate of drug-likeness (QED) is 0.352. The van der Waals surface area contributed by atoms with E-state index in [0.29, 0.717) is 18.0 Å². The smallest absolute Gasteiger partial charge is 0.265 e. The molecular formula is C16H19ClN3O3S+. The van der Waals surface area contributed by atoms with Gasteiger partial charge in [-0.25, -0.2) is 4.57 Å². The van der Waals surface area contributed by atoms with Crippen molar-refractivity contribution in [1.82, 2.24) is 0 Å². The Bertz CT molecular complexity index is 808. The summed E-state index contributed by atoms with van der Waals surface area (Å²) in [5.74, 6) is -0.252. The summed E-state index contributed by atoms with van der Waals surface area (Å²) in [7, 11) is -2.08. The van der Waals surface area contributed by atoms with E-state index in [1.807, 2.05) is 48.3 Å². The van der Waals surface area contributed by atoms with Gasteiger partial charge in [-0.05, 0) is 30.3 Å². The fraction of sp³-hybridized carbons (Fsp3) is 0.250. The molecule has 0 saturated heterocycles. The highest BCUT2D eigenvalue weighted by Gasteiger charge is 2.08. The van der Waals surface area contributed by atoms with Crippen LogP contribution in [0.4, 0.5) is 5.69 Å². The second-order valence-corrected chi connectivity index (χ2v) is 7.27. The van der Waals surface area contributed by atoms with Crippen LogP contribution in [-0.4, -0.2) is 32.0 Å². The van der Waals surface area contributed by atoms with Crippen molar-refractivity contribution in [3.05, 3.63) is 59.4 Å². The number of anilines is 1. The van der Waals surface area contributed by atoms with Crippen LogP contribution < -0.4 is 9.58 Å². The minimum Gasteiger partial charge on any atom is -0.286 e. The summed E-state index contributed by atoms with van der Waals surface area (Å²) < 4.78 is 32.1. The van der Waals surface area contributed by atoms with Crippen molar-refractivity contribution in [2.45, 2.75) is 13.0 Å². The zero-order valence-electron chi connectivity index (χ0n) is 13.2. The first-order valence-electron chi connectivity index (χ1n) is 7.31. The van der Waals surface area contributed by atoms with Crippen molar-refractivity contribution in [3.8, 4) is 0 Å². The van der Waals surface area contributed by atoms with E-state index in [4.69, 9.17) is 16.2 Å². The summed E-state index contributed by atoms with van der Waals surface area (Å²) in [6.45, 7) is 0.495. The molecule has 128 valence electrons. The van der Waals surface area contributed by atoms with E-state index in [-0.39, 0.29) is 5.75 Å². The van der Waals surface area contributed by atoms with Crippen molar-refractivity contribution in [3.63, 3.8) is 0 Å². The number of aryl methyl sites for hydroxylation is 1. The Balaban J connectivity index is 1.99. The van der Waals surface area contributed by atoms with E-state index < -0.39 is 10.1 Å². The van der Waals surface area contributed by atoms with Gasteiger partial charge in [0.25, 0.3) is 10.1 Å². The first kappa shape index (κ1) is 18.4. The average Bonchev–Trinajstić information content (AvgIpc) is 2.52. The predicted octanol–water partition coefficient (Wildman–Crippen LogP) is 2.38. The Morgan fingerprint density at radius 2 is 2.00 bits per heavy atom. The van der Waals surface area contributed by atoms with E-state index in [9.17, 15) is 8.42 Å². The Kier molecular flexibility index (Phi) is 6.30. The largest absolute Gasteiger partial charge is 0.286 e. The van der Waals surface area contributed by atoms with E-state index in [0.717, 1.165) is 11.3 Å². The van der Waals surface area contributed by atoms with E-state index in [1.54, 1.807) is 23.4 Å². The van der Waals surface area contributed by atoms with Gasteiger partial charge in [0.2, 0.25) is 0 Å². The van der Waals surface area contributed by atoms with Gasteiger partial charge in [-0.15, -0.1) is 0 Å². The number of pyridine rings is 1. The standard InChI is InChI=1S/C16H18ClN3O3S/c1-19(16-7-5-15(17)6-8-16)18-12-14-4-2-9-20(13-14)10-3-11-24(21,22)23/h2,4-9,12-13H,3,10-11H2,1H3/p+1/b18-12+. The Hall–Kier alpha value is -1.96. The van der Waals surface area contributed by atoms with Crippen LogP contribution in [0.25, 0.3) is 0 Å². The Labute approximate surface area is 146 Å². The monoisotopic (exact) mass is 368 g/mol. The number of benzene rings is 1. The molecule has 0 atom stereocenters. The molecule has 0 fully saturated rings. The number of rotatable bonds is 7. The van der Waals surface area contributed by atoms with Gasteiger partial charge in [-0.3, -0.25) is 9.56 Å². The molecule has 0 aliphatic rings. The molecule has 0 amide bonds. The third-order valence-electron chi connectivity index (χ3n) is 3.28. The number of halogens is 1. The molecule has 1 N–H and O–H groups in total. The summed E-state index contributed by atoms with van der Waals surface area (Å²) >= 11 is 5.86. The zero-order valence-corrected chi connectivity index (χ0v) is 14.8. The lowest BCUT2D eigenvalue weighted by Gasteiger charge is -2.12. The number of hydrogen-bond donors (Lipinski definition) is 1. The third-order valence-corrected chi connectivity index (χ3v) is 4.34. The van der Waals surface area contributed by atoms with Crippen LogP contribution in [0.5, 0.6) is 0 Å². The van der Waals surface area contributed by atoms with E-state index in [2.05, 4.69) is 5.10 Å². The van der Waals surface area contributed by atoms with Crippen LogP contribution >= 0.6 is 11.6 Å². The summed E-state index contributed by atoms with van der Waals surface area (Å²) in [6.07, 6.45) is 5.76. The van der Waals surface area contributed by atoms with Crippen LogP contribution in [0, 0.1) is 0 Å². The molecule has 0 radical (unpaired) electrons. The molecule has 0 unspecified atom stereocenters. The van der Waals surface area contributed by atoms with Crippen molar-refractivity contribution in [2.75, 3.05) is 17.8 Å². The Morgan fingerprint density at radius 3 is 2.67 bits per heavy atom. The van der Waals surface area contributed by atoms with Crippen LogP contribution in [0.3, 0.4) is 0 Å². The van der Waals surface area contributed by atoms with Crippen LogP contribution in [0.1, 0.15) is 12.0 Å². The van der Waals surface area contributed by atoms with Crippen molar-refractivity contribution in [1.29, 1.82) is 0 Å². The molecule has 24 heavy (non-hydrogen) atoms. The highest BCUT2D eigenvalue weighted by Crippen LogP contribution is 2.16. The van der Waals surface area contributed by atoms with Crippen LogP contribution in [0.2, 0.25) is 5.02 Å². The van der Waals surface area contributed by atoms with Crippen molar-refractivity contribution < 1.29 is 17.5 Å². The maximum Gasteiger partial charge on any atom is 0.265 e. The summed E-state index contributed by atoms with van der Waals surface area (Å²) in [6, 6.07) is 11.1. The number of nitrogens with zero attached hydrogens (tertiary/aromatic N) is 3. The van der Waals surface area contributed by atoms with Gasteiger partial charge >= 0.3 is 0 Å². The third kappa shape index (κ3) is 6.27. The fourth-order valence-electron chi connectivity index (χ4n) is 2.06. The van der Waals surface area contributed by atoms with Crippen molar-refractivity contribution in [2.24, 2.45) is 5.10 Å². The maximum absolute atomic E-state index is 10.7. The molecule has 1 heterocycles. The fourth-order valence-corrected chi connectivity index (χ4v) is 2.68. The Morgan fingerprint density at radius 1 is 1.29 bits per heavy atom. The van der Waals surface area contributed by atoms with Gasteiger partial charge in [-0.2, -0.15) is 13.5 Å². The van der Waals surface area contributed by atoms with Gasteiger partial charge in [0.1, 0.15) is 6.54 Å². The first-order chi connectivity index (χ1) is 11.3. The summed E-state index contributed by atoms with van der Waals surface area (Å²) in [4.78, 5) is 0. The normalized spacial score (nSPS) is 11.8. The van der Waals surface area contributed by atoms with Gasteiger partial charge in [-0.1, -0.05) is 11.6 Å². The molecule has 2 rings (SSSR count). The zero-order chi connectivity index (χ0) is 17.6. The van der Waals surface area contributed by atoms with E-state index >= 15 is 0 Å². The highest BCUT2D eigenvalue weighted by molar-refractivity contribution is 7.85. The molecule has 0 aliphatic carbocycles. The number of hydrazone groups is 1. The maximum atomic E-state index is 10.7. The second-order valence-electron chi connectivity index (χ2n) is 5.26. The molecule has 8 heteroatoms. The first-order valence-corrected chi connectivity index (χ1v) is 9.30. The number of aromatic nitrogens is 1. The predicted molar refractivity (Wildman–Crippen MR) is 95.1 cm³/mol. The molecular weight excluding hydrogens is 350 g/mol. The van der Waals surface area contributed by atoms with Crippen LogP contribution in [-0.2, 0) is 16.7 Å². The van der Waals surface area contributed by atoms with Gasteiger partial charge in [0.05, 0.1) is 23.2 Å². The molecule has 0 spiro atoms.